The second-order valence-corrected chi connectivity index (χ2v) is 2.68. The van der Waals surface area contributed by atoms with E-state index in [0.717, 1.165) is 13.1 Å². The molecule has 66 valence electrons. The number of rotatable bonds is 5. The maximum atomic E-state index is 5.18. The molecule has 0 radical (unpaired) electrons. The van der Waals surface area contributed by atoms with Gasteiger partial charge in [0.15, 0.2) is 5.96 Å². The second-order valence-electron chi connectivity index (χ2n) is 2.68. The van der Waals surface area contributed by atoms with E-state index in [2.05, 4.69) is 24.2 Å². The summed E-state index contributed by atoms with van der Waals surface area (Å²) in [5.41, 5.74) is 10.4. The Hall–Kier alpha value is -0.770. The fourth-order valence-electron chi connectivity index (χ4n) is 0.717. The zero-order valence-electron chi connectivity index (χ0n) is 7.30. The lowest BCUT2D eigenvalue weighted by Crippen LogP contribution is -2.26. The first-order valence-corrected chi connectivity index (χ1v) is 3.93. The summed E-state index contributed by atoms with van der Waals surface area (Å²) in [6.07, 6.45) is 0. The summed E-state index contributed by atoms with van der Waals surface area (Å²) < 4.78 is 0. The topological polar surface area (TPSA) is 76.4 Å². The van der Waals surface area contributed by atoms with Gasteiger partial charge in [0, 0.05) is 6.54 Å². The zero-order valence-corrected chi connectivity index (χ0v) is 7.30. The Bertz CT molecular complexity index is 118. The standard InChI is InChI=1S/C7H18N4/c1-3-10-4-6(2)5-11-7(8)9/h6,10H,3-5H2,1-2H3,(H4,8,9,11)/t6-/m0/s1. The van der Waals surface area contributed by atoms with Crippen LogP contribution in [0.4, 0.5) is 0 Å². The summed E-state index contributed by atoms with van der Waals surface area (Å²) in [5, 5.41) is 3.22. The van der Waals surface area contributed by atoms with Gasteiger partial charge in [0.05, 0.1) is 0 Å². The van der Waals surface area contributed by atoms with Crippen molar-refractivity contribution in [1.29, 1.82) is 0 Å². The molecule has 11 heavy (non-hydrogen) atoms. The molecule has 4 nitrogen and oxygen atoms in total. The van der Waals surface area contributed by atoms with Gasteiger partial charge in [0.1, 0.15) is 0 Å². The van der Waals surface area contributed by atoms with Crippen molar-refractivity contribution in [2.24, 2.45) is 22.4 Å². The van der Waals surface area contributed by atoms with E-state index in [9.17, 15) is 0 Å². The summed E-state index contributed by atoms with van der Waals surface area (Å²) in [6, 6.07) is 0. The van der Waals surface area contributed by atoms with Crippen LogP contribution in [-0.2, 0) is 0 Å². The molecule has 0 saturated heterocycles. The van der Waals surface area contributed by atoms with Gasteiger partial charge in [0.2, 0.25) is 0 Å². The van der Waals surface area contributed by atoms with E-state index in [-0.39, 0.29) is 5.96 Å². The molecular formula is C7H18N4. The van der Waals surface area contributed by atoms with E-state index < -0.39 is 0 Å². The molecule has 0 heterocycles. The molecule has 0 fully saturated rings. The highest BCUT2D eigenvalue weighted by molar-refractivity contribution is 5.75. The first-order valence-electron chi connectivity index (χ1n) is 3.93. The van der Waals surface area contributed by atoms with Crippen LogP contribution in [-0.4, -0.2) is 25.6 Å². The highest BCUT2D eigenvalue weighted by atomic mass is 15.0. The molecule has 0 aromatic rings. The van der Waals surface area contributed by atoms with E-state index in [0.29, 0.717) is 12.5 Å². The first-order chi connectivity index (χ1) is 5.16. The van der Waals surface area contributed by atoms with E-state index in [4.69, 9.17) is 11.5 Å². The van der Waals surface area contributed by atoms with Crippen LogP contribution < -0.4 is 16.8 Å². The first kappa shape index (κ1) is 10.2. The van der Waals surface area contributed by atoms with E-state index in [1.54, 1.807) is 0 Å². The normalized spacial score (nSPS) is 12.5. The summed E-state index contributed by atoms with van der Waals surface area (Å²) in [4.78, 5) is 3.91. The molecule has 0 bridgehead atoms. The van der Waals surface area contributed by atoms with Gasteiger partial charge >= 0.3 is 0 Å². The summed E-state index contributed by atoms with van der Waals surface area (Å²) in [6.45, 7) is 6.84. The van der Waals surface area contributed by atoms with Crippen molar-refractivity contribution in [3.8, 4) is 0 Å². The molecule has 0 amide bonds. The predicted octanol–water partition coefficient (Wildman–Crippen LogP) is -0.495. The molecule has 0 aliphatic heterocycles. The highest BCUT2D eigenvalue weighted by Crippen LogP contribution is 1.91. The van der Waals surface area contributed by atoms with E-state index >= 15 is 0 Å². The van der Waals surface area contributed by atoms with Crippen molar-refractivity contribution in [3.05, 3.63) is 0 Å². The van der Waals surface area contributed by atoms with Gasteiger partial charge in [0.25, 0.3) is 0 Å². The molecule has 0 saturated carbocycles. The largest absolute Gasteiger partial charge is 0.370 e. The van der Waals surface area contributed by atoms with Crippen LogP contribution in [0.15, 0.2) is 4.99 Å². The monoisotopic (exact) mass is 158 g/mol. The third kappa shape index (κ3) is 7.12. The van der Waals surface area contributed by atoms with Crippen molar-refractivity contribution < 1.29 is 0 Å². The van der Waals surface area contributed by atoms with Crippen LogP contribution >= 0.6 is 0 Å². The third-order valence-corrected chi connectivity index (χ3v) is 1.33. The molecule has 5 N–H and O–H groups in total. The Morgan fingerprint density at radius 1 is 1.55 bits per heavy atom. The third-order valence-electron chi connectivity index (χ3n) is 1.33. The van der Waals surface area contributed by atoms with Crippen LogP contribution in [0.1, 0.15) is 13.8 Å². The molecular weight excluding hydrogens is 140 g/mol. The van der Waals surface area contributed by atoms with Crippen molar-refractivity contribution in [2.75, 3.05) is 19.6 Å². The molecule has 0 spiro atoms. The molecule has 4 heteroatoms. The Kier molecular flexibility index (Phi) is 5.56. The summed E-state index contributed by atoms with van der Waals surface area (Å²) in [5.74, 6) is 0.672. The SMILES string of the molecule is CCNC[C@H](C)CN=C(N)N. The molecule has 0 rings (SSSR count). The van der Waals surface area contributed by atoms with Crippen molar-refractivity contribution in [2.45, 2.75) is 13.8 Å². The fourth-order valence-corrected chi connectivity index (χ4v) is 0.717. The van der Waals surface area contributed by atoms with Crippen LogP contribution in [0.25, 0.3) is 0 Å². The molecule has 0 aromatic heterocycles. The number of nitrogens with two attached hydrogens (primary N) is 2. The number of hydrogen-bond donors (Lipinski definition) is 3. The minimum atomic E-state index is 0.174. The van der Waals surface area contributed by atoms with Gasteiger partial charge in [-0.1, -0.05) is 13.8 Å². The number of nitrogens with one attached hydrogen (secondary N) is 1. The van der Waals surface area contributed by atoms with Gasteiger partial charge < -0.3 is 16.8 Å². The number of nitrogens with zero attached hydrogens (tertiary/aromatic N) is 1. The lowest BCUT2D eigenvalue weighted by Gasteiger charge is -2.07. The average molecular weight is 158 g/mol. The highest BCUT2D eigenvalue weighted by Gasteiger charge is 1.98. The van der Waals surface area contributed by atoms with Crippen LogP contribution in [0.3, 0.4) is 0 Å². The summed E-state index contributed by atoms with van der Waals surface area (Å²) in [7, 11) is 0. The molecule has 0 aromatic carbocycles. The van der Waals surface area contributed by atoms with Gasteiger partial charge in [-0.25, -0.2) is 0 Å². The number of hydrogen-bond acceptors (Lipinski definition) is 2. The molecule has 0 unspecified atom stereocenters. The second kappa shape index (κ2) is 5.97. The Morgan fingerprint density at radius 3 is 2.64 bits per heavy atom. The lowest BCUT2D eigenvalue weighted by atomic mass is 10.2. The van der Waals surface area contributed by atoms with Gasteiger partial charge in [-0.15, -0.1) is 0 Å². The van der Waals surface area contributed by atoms with Crippen molar-refractivity contribution in [3.63, 3.8) is 0 Å². The van der Waals surface area contributed by atoms with Crippen molar-refractivity contribution >= 4 is 5.96 Å². The molecule has 0 aliphatic carbocycles. The lowest BCUT2D eigenvalue weighted by molar-refractivity contribution is 0.534. The quantitative estimate of drug-likeness (QED) is 0.373. The zero-order chi connectivity index (χ0) is 8.69. The Balaban J connectivity index is 3.36. The fraction of sp³-hybridized carbons (Fsp3) is 0.857. The van der Waals surface area contributed by atoms with Gasteiger partial charge in [-0.05, 0) is 19.0 Å². The number of aliphatic imine (C=N–C) groups is 1. The minimum Gasteiger partial charge on any atom is -0.370 e. The van der Waals surface area contributed by atoms with E-state index in [1.165, 1.54) is 0 Å². The van der Waals surface area contributed by atoms with Gasteiger partial charge in [-0.3, -0.25) is 4.99 Å². The van der Waals surface area contributed by atoms with Crippen LogP contribution in [0.5, 0.6) is 0 Å². The maximum absolute atomic E-state index is 5.18. The van der Waals surface area contributed by atoms with Gasteiger partial charge in [-0.2, -0.15) is 0 Å². The smallest absolute Gasteiger partial charge is 0.185 e. The van der Waals surface area contributed by atoms with Crippen molar-refractivity contribution in [1.82, 2.24) is 5.32 Å². The van der Waals surface area contributed by atoms with Crippen LogP contribution in [0.2, 0.25) is 0 Å². The molecule has 1 atom stereocenters. The maximum Gasteiger partial charge on any atom is 0.185 e. The summed E-state index contributed by atoms with van der Waals surface area (Å²) >= 11 is 0. The number of guanidine groups is 1. The average Bonchev–Trinajstić information content (AvgIpc) is 1.97. The van der Waals surface area contributed by atoms with Crippen LogP contribution in [0, 0.1) is 5.92 Å². The predicted molar refractivity (Wildman–Crippen MR) is 48.4 cm³/mol. The Labute approximate surface area is 68.1 Å². The van der Waals surface area contributed by atoms with E-state index in [1.807, 2.05) is 0 Å². The minimum absolute atomic E-state index is 0.174. The molecule has 0 aliphatic rings. The Morgan fingerprint density at radius 2 is 2.18 bits per heavy atom.